The molecule has 0 aromatic carbocycles. The van der Waals surface area contributed by atoms with Crippen LogP contribution >= 0.6 is 0 Å². The molecule has 3 rings (SSSR count). The van der Waals surface area contributed by atoms with Crippen molar-refractivity contribution in [1.29, 1.82) is 0 Å². The average molecular weight is 295 g/mol. The number of rotatable bonds is 5. The third kappa shape index (κ3) is 4.19. The molecular weight excluding hydrogens is 266 g/mol. The molecule has 0 bridgehead atoms. The van der Waals surface area contributed by atoms with Crippen LogP contribution in [0.15, 0.2) is 0 Å². The highest BCUT2D eigenvalue weighted by molar-refractivity contribution is 5.76. The predicted molar refractivity (Wildman–Crippen MR) is 80.8 cm³/mol. The average Bonchev–Trinajstić information content (AvgIpc) is 3.21. The molecule has 2 aliphatic heterocycles. The molecular formula is C17H29NO3. The fourth-order valence-corrected chi connectivity index (χ4v) is 4.11. The highest BCUT2D eigenvalue weighted by Crippen LogP contribution is 2.29. The van der Waals surface area contributed by atoms with E-state index in [9.17, 15) is 4.79 Å². The molecule has 1 amide bonds. The van der Waals surface area contributed by atoms with E-state index in [-0.39, 0.29) is 6.29 Å². The lowest BCUT2D eigenvalue weighted by Gasteiger charge is -2.34. The van der Waals surface area contributed by atoms with Crippen molar-refractivity contribution in [3.05, 3.63) is 0 Å². The molecule has 1 saturated carbocycles. The van der Waals surface area contributed by atoms with Crippen LogP contribution in [-0.4, -0.2) is 43.4 Å². The van der Waals surface area contributed by atoms with E-state index < -0.39 is 0 Å². The van der Waals surface area contributed by atoms with Crippen molar-refractivity contribution in [2.24, 2.45) is 11.8 Å². The van der Waals surface area contributed by atoms with Crippen LogP contribution < -0.4 is 0 Å². The van der Waals surface area contributed by atoms with Crippen LogP contribution in [0, 0.1) is 11.8 Å². The van der Waals surface area contributed by atoms with Crippen LogP contribution in [0.1, 0.15) is 57.8 Å². The first kappa shape index (κ1) is 15.3. The Morgan fingerprint density at radius 3 is 2.57 bits per heavy atom. The molecule has 4 heteroatoms. The summed E-state index contributed by atoms with van der Waals surface area (Å²) in [5.41, 5.74) is 0. The summed E-state index contributed by atoms with van der Waals surface area (Å²) in [6.45, 7) is 3.16. The number of carbonyl (C=O) groups excluding carboxylic acids is 1. The van der Waals surface area contributed by atoms with Crippen LogP contribution in [0.4, 0.5) is 0 Å². The fraction of sp³-hybridized carbons (Fsp3) is 0.941. The van der Waals surface area contributed by atoms with Gasteiger partial charge in [0.15, 0.2) is 6.29 Å². The topological polar surface area (TPSA) is 38.8 Å². The van der Waals surface area contributed by atoms with E-state index in [1.54, 1.807) is 0 Å². The third-order valence-corrected chi connectivity index (χ3v) is 5.32. The minimum absolute atomic E-state index is 0.0703. The number of ether oxygens (including phenoxy) is 2. The van der Waals surface area contributed by atoms with Crippen molar-refractivity contribution >= 4 is 5.91 Å². The second-order valence-corrected chi connectivity index (χ2v) is 6.89. The van der Waals surface area contributed by atoms with E-state index in [4.69, 9.17) is 9.47 Å². The van der Waals surface area contributed by atoms with Crippen molar-refractivity contribution in [2.75, 3.05) is 26.3 Å². The van der Waals surface area contributed by atoms with Gasteiger partial charge in [0.2, 0.25) is 5.91 Å². The standard InChI is InChI=1S/C17H29NO3/c19-16(9-3-7-14-5-1-2-6-14)18-10-4-8-15(13-18)17-20-11-12-21-17/h14-15,17H,1-13H2/t15-/m0/s1. The van der Waals surface area contributed by atoms with Gasteiger partial charge in [-0.3, -0.25) is 4.79 Å². The number of hydrogen-bond donors (Lipinski definition) is 0. The molecule has 0 aromatic heterocycles. The SMILES string of the molecule is O=C(CCCC1CCCC1)N1CCC[C@H](C2OCCO2)C1. The summed E-state index contributed by atoms with van der Waals surface area (Å²) in [5, 5.41) is 0. The Hall–Kier alpha value is -0.610. The van der Waals surface area contributed by atoms with Gasteiger partial charge in [0.1, 0.15) is 0 Å². The second kappa shape index (κ2) is 7.59. The first-order valence-corrected chi connectivity index (χ1v) is 8.84. The van der Waals surface area contributed by atoms with Gasteiger partial charge >= 0.3 is 0 Å². The molecule has 0 aromatic rings. The molecule has 120 valence electrons. The Labute approximate surface area is 128 Å². The Morgan fingerprint density at radius 2 is 1.81 bits per heavy atom. The second-order valence-electron chi connectivity index (χ2n) is 6.89. The van der Waals surface area contributed by atoms with Gasteiger partial charge in [0, 0.05) is 25.4 Å². The Balaban J connectivity index is 1.38. The first-order valence-electron chi connectivity index (χ1n) is 8.84. The molecule has 0 unspecified atom stereocenters. The summed E-state index contributed by atoms with van der Waals surface area (Å²) in [4.78, 5) is 14.4. The Kier molecular flexibility index (Phi) is 5.53. The molecule has 2 saturated heterocycles. The summed E-state index contributed by atoms with van der Waals surface area (Å²) < 4.78 is 11.2. The number of piperidine rings is 1. The maximum absolute atomic E-state index is 12.4. The summed E-state index contributed by atoms with van der Waals surface area (Å²) in [6, 6.07) is 0. The maximum Gasteiger partial charge on any atom is 0.222 e. The lowest BCUT2D eigenvalue weighted by Crippen LogP contribution is -2.43. The molecule has 3 aliphatic rings. The lowest BCUT2D eigenvalue weighted by molar-refractivity contribution is -0.139. The van der Waals surface area contributed by atoms with Gasteiger partial charge in [-0.2, -0.15) is 0 Å². The van der Waals surface area contributed by atoms with Gasteiger partial charge in [-0.25, -0.2) is 0 Å². The van der Waals surface area contributed by atoms with Crippen LogP contribution in [0.5, 0.6) is 0 Å². The first-order chi connectivity index (χ1) is 10.3. The third-order valence-electron chi connectivity index (χ3n) is 5.32. The number of hydrogen-bond acceptors (Lipinski definition) is 3. The smallest absolute Gasteiger partial charge is 0.222 e. The molecule has 4 nitrogen and oxygen atoms in total. The van der Waals surface area contributed by atoms with E-state index in [0.717, 1.165) is 44.7 Å². The van der Waals surface area contributed by atoms with Crippen molar-refractivity contribution in [3.63, 3.8) is 0 Å². The molecule has 0 radical (unpaired) electrons. The zero-order chi connectivity index (χ0) is 14.5. The summed E-state index contributed by atoms with van der Waals surface area (Å²) in [5.74, 6) is 1.61. The zero-order valence-electron chi connectivity index (χ0n) is 13.1. The number of amides is 1. The summed E-state index contributed by atoms with van der Waals surface area (Å²) in [6.07, 6.45) is 10.8. The zero-order valence-corrected chi connectivity index (χ0v) is 13.1. The summed E-state index contributed by atoms with van der Waals surface area (Å²) in [7, 11) is 0. The number of carbonyl (C=O) groups is 1. The summed E-state index contributed by atoms with van der Waals surface area (Å²) >= 11 is 0. The molecule has 1 aliphatic carbocycles. The van der Waals surface area contributed by atoms with E-state index >= 15 is 0 Å². The van der Waals surface area contributed by atoms with Gasteiger partial charge in [0.05, 0.1) is 13.2 Å². The van der Waals surface area contributed by atoms with Gasteiger partial charge in [-0.1, -0.05) is 25.7 Å². The van der Waals surface area contributed by atoms with Crippen molar-refractivity contribution < 1.29 is 14.3 Å². The van der Waals surface area contributed by atoms with E-state index in [1.165, 1.54) is 32.1 Å². The molecule has 3 fully saturated rings. The normalized spacial score (nSPS) is 28.4. The van der Waals surface area contributed by atoms with E-state index in [0.29, 0.717) is 25.0 Å². The molecule has 21 heavy (non-hydrogen) atoms. The highest BCUT2D eigenvalue weighted by Gasteiger charge is 2.32. The Bertz CT molecular complexity index is 335. The van der Waals surface area contributed by atoms with Gasteiger partial charge < -0.3 is 14.4 Å². The minimum Gasteiger partial charge on any atom is -0.350 e. The van der Waals surface area contributed by atoms with Crippen LogP contribution in [-0.2, 0) is 14.3 Å². The molecule has 0 N–H and O–H groups in total. The van der Waals surface area contributed by atoms with Gasteiger partial charge in [-0.15, -0.1) is 0 Å². The van der Waals surface area contributed by atoms with Crippen LogP contribution in [0.25, 0.3) is 0 Å². The van der Waals surface area contributed by atoms with E-state index in [1.807, 2.05) is 4.90 Å². The van der Waals surface area contributed by atoms with Crippen LogP contribution in [0.2, 0.25) is 0 Å². The maximum atomic E-state index is 12.4. The largest absolute Gasteiger partial charge is 0.350 e. The fourth-order valence-electron chi connectivity index (χ4n) is 4.11. The monoisotopic (exact) mass is 295 g/mol. The van der Waals surface area contributed by atoms with Crippen molar-refractivity contribution in [1.82, 2.24) is 4.90 Å². The number of nitrogens with zero attached hydrogens (tertiary/aromatic N) is 1. The van der Waals surface area contributed by atoms with Crippen molar-refractivity contribution in [3.8, 4) is 0 Å². The van der Waals surface area contributed by atoms with E-state index in [2.05, 4.69) is 0 Å². The highest BCUT2D eigenvalue weighted by atomic mass is 16.7. The lowest BCUT2D eigenvalue weighted by atomic mass is 9.96. The van der Waals surface area contributed by atoms with Gasteiger partial charge in [0.25, 0.3) is 0 Å². The molecule has 2 heterocycles. The Morgan fingerprint density at radius 1 is 1.05 bits per heavy atom. The minimum atomic E-state index is -0.0703. The predicted octanol–water partition coefficient (Wildman–Crippen LogP) is 2.96. The quantitative estimate of drug-likeness (QED) is 0.783. The van der Waals surface area contributed by atoms with Crippen molar-refractivity contribution in [2.45, 2.75) is 64.1 Å². The van der Waals surface area contributed by atoms with Crippen LogP contribution in [0.3, 0.4) is 0 Å². The number of likely N-dealkylation sites (tertiary alicyclic amines) is 1. The molecule has 1 atom stereocenters. The van der Waals surface area contributed by atoms with Gasteiger partial charge in [-0.05, 0) is 31.6 Å². The molecule has 0 spiro atoms.